The first-order valence-corrected chi connectivity index (χ1v) is 7.89. The molecule has 0 spiro atoms. The molecule has 1 aliphatic heterocycles. The Bertz CT molecular complexity index is 718. The zero-order valence-electron chi connectivity index (χ0n) is 12.1. The number of ether oxygens (including phenoxy) is 2. The van der Waals surface area contributed by atoms with E-state index in [2.05, 4.69) is 10.3 Å². The first-order valence-electron chi connectivity index (χ1n) is 7.14. The van der Waals surface area contributed by atoms with Gasteiger partial charge in [0.1, 0.15) is 11.1 Å². The molecule has 0 saturated carbocycles. The highest BCUT2D eigenvalue weighted by Crippen LogP contribution is 2.33. The summed E-state index contributed by atoms with van der Waals surface area (Å²) in [6, 6.07) is 8.60. The van der Waals surface area contributed by atoms with Crippen molar-refractivity contribution in [2.24, 2.45) is 0 Å². The quantitative estimate of drug-likeness (QED) is 0.890. The van der Waals surface area contributed by atoms with E-state index in [1.54, 1.807) is 30.3 Å². The minimum Gasteiger partial charge on any atom is -0.435 e. The van der Waals surface area contributed by atoms with E-state index in [-0.39, 0.29) is 16.8 Å². The fourth-order valence-corrected chi connectivity index (χ4v) is 2.66. The molecule has 1 aromatic heterocycles. The van der Waals surface area contributed by atoms with Gasteiger partial charge in [0.2, 0.25) is 5.88 Å². The maximum atomic E-state index is 12.2. The minimum absolute atomic E-state index is 0.186. The lowest BCUT2D eigenvalue weighted by Gasteiger charge is -2.14. The monoisotopic (exact) mass is 352 g/mol. The standard InChI is InChI=1S/C16H14Cl2N2O3/c17-10-8-11(18)16(19-9-10)23-13-5-2-1-4-12(13)20-15(21)14-6-3-7-22-14/h1-2,4-5,8-9,14H,3,6-7H2,(H,20,21)/t14-/m0/s1. The molecule has 1 N–H and O–H groups in total. The third kappa shape index (κ3) is 3.93. The molecule has 3 rings (SSSR count). The number of carbonyl (C=O) groups excluding carboxylic acids is 1. The normalized spacial score (nSPS) is 17.0. The van der Waals surface area contributed by atoms with E-state index < -0.39 is 6.10 Å². The Morgan fingerprint density at radius 2 is 2.17 bits per heavy atom. The molecule has 120 valence electrons. The van der Waals surface area contributed by atoms with Crippen molar-refractivity contribution in [3.63, 3.8) is 0 Å². The van der Waals surface area contributed by atoms with Crippen LogP contribution in [0.25, 0.3) is 0 Å². The zero-order valence-corrected chi connectivity index (χ0v) is 13.6. The zero-order chi connectivity index (χ0) is 16.2. The van der Waals surface area contributed by atoms with Crippen LogP contribution in [0, 0.1) is 0 Å². The molecule has 1 atom stereocenters. The van der Waals surface area contributed by atoms with Crippen LogP contribution >= 0.6 is 23.2 Å². The molecule has 0 radical (unpaired) electrons. The summed E-state index contributed by atoms with van der Waals surface area (Å²) in [5.74, 6) is 0.471. The van der Waals surface area contributed by atoms with Crippen molar-refractivity contribution in [2.45, 2.75) is 18.9 Å². The number of anilines is 1. The summed E-state index contributed by atoms with van der Waals surface area (Å²) in [5.41, 5.74) is 0.529. The summed E-state index contributed by atoms with van der Waals surface area (Å²) >= 11 is 11.9. The van der Waals surface area contributed by atoms with E-state index in [1.165, 1.54) is 6.20 Å². The lowest BCUT2D eigenvalue weighted by molar-refractivity contribution is -0.124. The number of halogens is 2. The van der Waals surface area contributed by atoms with Crippen molar-refractivity contribution in [2.75, 3.05) is 11.9 Å². The number of para-hydroxylation sites is 2. The molecule has 1 aliphatic rings. The van der Waals surface area contributed by atoms with Crippen LogP contribution in [0.4, 0.5) is 5.69 Å². The van der Waals surface area contributed by atoms with Gasteiger partial charge in [-0.15, -0.1) is 0 Å². The Morgan fingerprint density at radius 1 is 1.35 bits per heavy atom. The Labute approximate surface area is 143 Å². The van der Waals surface area contributed by atoms with Crippen LogP contribution in [0.5, 0.6) is 11.6 Å². The molecule has 1 aromatic carbocycles. The number of hydrogen-bond donors (Lipinski definition) is 1. The molecule has 0 unspecified atom stereocenters. The van der Waals surface area contributed by atoms with Crippen molar-refractivity contribution < 1.29 is 14.3 Å². The van der Waals surface area contributed by atoms with Crippen LogP contribution in [0.3, 0.4) is 0 Å². The average molecular weight is 353 g/mol. The summed E-state index contributed by atoms with van der Waals surface area (Å²) in [6.07, 6.45) is 2.64. The van der Waals surface area contributed by atoms with E-state index in [4.69, 9.17) is 32.7 Å². The fraction of sp³-hybridized carbons (Fsp3) is 0.250. The van der Waals surface area contributed by atoms with Crippen LogP contribution in [0.2, 0.25) is 10.0 Å². The summed E-state index contributed by atoms with van der Waals surface area (Å²) in [4.78, 5) is 16.2. The van der Waals surface area contributed by atoms with Crippen molar-refractivity contribution >= 4 is 34.8 Å². The van der Waals surface area contributed by atoms with E-state index in [1.807, 2.05) is 0 Å². The van der Waals surface area contributed by atoms with Gasteiger partial charge in [0.25, 0.3) is 5.91 Å². The Hall–Kier alpha value is -1.82. The number of nitrogens with zero attached hydrogens (tertiary/aromatic N) is 1. The molecule has 2 aromatic rings. The molecule has 5 nitrogen and oxygen atoms in total. The predicted molar refractivity (Wildman–Crippen MR) is 88.4 cm³/mol. The topological polar surface area (TPSA) is 60.5 Å². The molecular weight excluding hydrogens is 339 g/mol. The van der Waals surface area contributed by atoms with E-state index in [0.29, 0.717) is 23.1 Å². The Kier molecular flexibility index (Phi) is 5.00. The second kappa shape index (κ2) is 7.17. The summed E-state index contributed by atoms with van der Waals surface area (Å²) in [7, 11) is 0. The fourth-order valence-electron chi connectivity index (χ4n) is 2.24. The summed E-state index contributed by atoms with van der Waals surface area (Å²) in [6.45, 7) is 0.612. The third-order valence-corrected chi connectivity index (χ3v) is 3.83. The van der Waals surface area contributed by atoms with Gasteiger partial charge in [0.05, 0.1) is 10.7 Å². The van der Waals surface area contributed by atoms with Crippen LogP contribution in [-0.2, 0) is 9.53 Å². The number of amides is 1. The minimum atomic E-state index is -0.416. The molecule has 7 heteroatoms. The van der Waals surface area contributed by atoms with Crippen LogP contribution < -0.4 is 10.1 Å². The number of carbonyl (C=O) groups is 1. The molecule has 2 heterocycles. The van der Waals surface area contributed by atoms with Gasteiger partial charge in [-0.2, -0.15) is 0 Å². The molecule has 1 fully saturated rings. The number of aromatic nitrogens is 1. The van der Waals surface area contributed by atoms with E-state index in [9.17, 15) is 4.79 Å². The van der Waals surface area contributed by atoms with Crippen molar-refractivity contribution in [3.8, 4) is 11.6 Å². The van der Waals surface area contributed by atoms with Crippen molar-refractivity contribution in [1.29, 1.82) is 0 Å². The lowest BCUT2D eigenvalue weighted by atomic mass is 10.2. The first-order chi connectivity index (χ1) is 11.1. The molecular formula is C16H14Cl2N2O3. The maximum Gasteiger partial charge on any atom is 0.253 e. The summed E-state index contributed by atoms with van der Waals surface area (Å²) in [5, 5.41) is 3.53. The van der Waals surface area contributed by atoms with Gasteiger partial charge < -0.3 is 14.8 Å². The number of benzene rings is 1. The molecule has 0 bridgehead atoms. The Balaban J connectivity index is 1.78. The maximum absolute atomic E-state index is 12.2. The number of nitrogens with one attached hydrogen (secondary N) is 1. The SMILES string of the molecule is O=C(Nc1ccccc1Oc1ncc(Cl)cc1Cl)[C@@H]1CCCO1. The predicted octanol–water partition coefficient (Wildman–Crippen LogP) is 4.30. The smallest absolute Gasteiger partial charge is 0.253 e. The van der Waals surface area contributed by atoms with E-state index in [0.717, 1.165) is 12.8 Å². The summed E-state index contributed by atoms with van der Waals surface area (Å²) < 4.78 is 11.1. The highest BCUT2D eigenvalue weighted by atomic mass is 35.5. The van der Waals surface area contributed by atoms with Gasteiger partial charge in [-0.3, -0.25) is 4.79 Å². The Morgan fingerprint density at radius 3 is 2.91 bits per heavy atom. The molecule has 23 heavy (non-hydrogen) atoms. The molecule has 1 amide bonds. The van der Waals surface area contributed by atoms with Gasteiger partial charge in [0.15, 0.2) is 5.75 Å². The number of hydrogen-bond acceptors (Lipinski definition) is 4. The second-order valence-electron chi connectivity index (χ2n) is 5.03. The van der Waals surface area contributed by atoms with Gasteiger partial charge in [0, 0.05) is 12.8 Å². The third-order valence-electron chi connectivity index (χ3n) is 3.35. The lowest BCUT2D eigenvalue weighted by Crippen LogP contribution is -2.27. The van der Waals surface area contributed by atoms with Crippen molar-refractivity contribution in [3.05, 3.63) is 46.6 Å². The van der Waals surface area contributed by atoms with Gasteiger partial charge in [-0.05, 0) is 31.0 Å². The van der Waals surface area contributed by atoms with E-state index >= 15 is 0 Å². The largest absolute Gasteiger partial charge is 0.435 e. The number of rotatable bonds is 4. The second-order valence-corrected chi connectivity index (χ2v) is 5.87. The molecule has 1 saturated heterocycles. The van der Waals surface area contributed by atoms with Crippen LogP contribution in [-0.4, -0.2) is 23.6 Å². The van der Waals surface area contributed by atoms with Crippen molar-refractivity contribution in [1.82, 2.24) is 4.98 Å². The van der Waals surface area contributed by atoms with Crippen LogP contribution in [0.1, 0.15) is 12.8 Å². The molecule has 0 aliphatic carbocycles. The van der Waals surface area contributed by atoms with Gasteiger partial charge >= 0.3 is 0 Å². The highest BCUT2D eigenvalue weighted by molar-refractivity contribution is 6.35. The first kappa shape index (κ1) is 16.1. The highest BCUT2D eigenvalue weighted by Gasteiger charge is 2.24. The average Bonchev–Trinajstić information content (AvgIpc) is 3.06. The number of pyridine rings is 1. The van der Waals surface area contributed by atoms with Gasteiger partial charge in [-0.1, -0.05) is 35.3 Å². The van der Waals surface area contributed by atoms with Gasteiger partial charge in [-0.25, -0.2) is 4.98 Å². The van der Waals surface area contributed by atoms with Crippen LogP contribution in [0.15, 0.2) is 36.5 Å².